The lowest BCUT2D eigenvalue weighted by Gasteiger charge is -2.26. The summed E-state index contributed by atoms with van der Waals surface area (Å²) in [6.45, 7) is 9.06. The van der Waals surface area contributed by atoms with Crippen molar-refractivity contribution in [3.8, 4) is 0 Å². The first-order valence-corrected chi connectivity index (χ1v) is 10.4. The minimum Gasteiger partial charge on any atom is -0.460 e. The van der Waals surface area contributed by atoms with Crippen LogP contribution in [-0.4, -0.2) is 42.4 Å². The fourth-order valence-corrected chi connectivity index (χ4v) is 2.75. The predicted molar refractivity (Wildman–Crippen MR) is 118 cm³/mol. The smallest absolute Gasteiger partial charge is 0.408 e. The number of alkyl carbamates (subject to hydrolysis) is 1. The van der Waals surface area contributed by atoms with Crippen molar-refractivity contribution in [1.82, 2.24) is 5.32 Å². The van der Waals surface area contributed by atoms with Crippen LogP contribution in [0.2, 0.25) is 5.02 Å². The maximum absolute atomic E-state index is 13.3. The lowest BCUT2D eigenvalue weighted by atomic mass is 10.0. The lowest BCUT2D eigenvalue weighted by molar-refractivity contribution is -0.178. The van der Waals surface area contributed by atoms with Gasteiger partial charge in [0.2, 0.25) is 5.91 Å². The quantitative estimate of drug-likeness (QED) is 0.372. The number of carbonyl (C=O) groups excluding carboxylic acids is 3. The number of hydrogen-bond acceptors (Lipinski definition) is 5. The number of carbonyl (C=O) groups is 3. The maximum Gasteiger partial charge on any atom is 0.408 e. The molecular formula is C22H28ClF3N2O5. The topological polar surface area (TPSA) is 93.7 Å². The molecule has 0 saturated heterocycles. The molecule has 33 heavy (non-hydrogen) atoms. The third-order valence-electron chi connectivity index (χ3n) is 4.23. The molecule has 0 bridgehead atoms. The van der Waals surface area contributed by atoms with E-state index in [1.54, 1.807) is 26.8 Å². The third kappa shape index (κ3) is 10.2. The van der Waals surface area contributed by atoms with Gasteiger partial charge >= 0.3 is 18.2 Å². The van der Waals surface area contributed by atoms with Gasteiger partial charge < -0.3 is 20.1 Å². The SMILES string of the molecule is C=CCOC(=O)NC(C(=O)Nc1cc(CCC(=O)OC(C)(C)C)ccc1Cl)C(C)C(F)(F)F. The van der Waals surface area contributed by atoms with Crippen LogP contribution < -0.4 is 10.6 Å². The predicted octanol–water partition coefficient (Wildman–Crippen LogP) is 5.03. The minimum atomic E-state index is -4.77. The number of rotatable bonds is 9. The molecule has 1 aromatic rings. The normalized spacial score (nSPS) is 13.5. The van der Waals surface area contributed by atoms with Crippen LogP contribution in [0.5, 0.6) is 0 Å². The zero-order chi connectivity index (χ0) is 25.4. The molecular weight excluding hydrogens is 465 g/mol. The number of nitrogens with one attached hydrogen (secondary N) is 2. The first kappa shape index (κ1) is 28.3. The number of anilines is 1. The Labute approximate surface area is 195 Å². The van der Waals surface area contributed by atoms with Gasteiger partial charge in [-0.15, -0.1) is 0 Å². The van der Waals surface area contributed by atoms with Crippen molar-refractivity contribution in [1.29, 1.82) is 0 Å². The fourth-order valence-electron chi connectivity index (χ4n) is 2.58. The van der Waals surface area contributed by atoms with Crippen LogP contribution in [-0.2, 0) is 25.5 Å². The average molecular weight is 493 g/mol. The van der Waals surface area contributed by atoms with E-state index >= 15 is 0 Å². The van der Waals surface area contributed by atoms with Crippen LogP contribution >= 0.6 is 11.6 Å². The second-order valence-electron chi connectivity index (χ2n) is 8.23. The second-order valence-corrected chi connectivity index (χ2v) is 8.64. The van der Waals surface area contributed by atoms with E-state index in [0.29, 0.717) is 5.56 Å². The van der Waals surface area contributed by atoms with Crippen LogP contribution in [0.25, 0.3) is 0 Å². The van der Waals surface area contributed by atoms with Crippen LogP contribution in [0.4, 0.5) is 23.7 Å². The van der Waals surface area contributed by atoms with Crippen LogP contribution in [0.15, 0.2) is 30.9 Å². The number of alkyl halides is 3. The van der Waals surface area contributed by atoms with Crippen LogP contribution in [0.1, 0.15) is 39.7 Å². The molecule has 1 rings (SSSR count). The summed E-state index contributed by atoms with van der Waals surface area (Å²) in [6, 6.07) is 2.51. The van der Waals surface area contributed by atoms with Crippen molar-refractivity contribution in [3.05, 3.63) is 41.4 Å². The van der Waals surface area contributed by atoms with E-state index in [4.69, 9.17) is 16.3 Å². The molecule has 0 spiro atoms. The molecule has 2 amide bonds. The zero-order valence-electron chi connectivity index (χ0n) is 18.8. The summed E-state index contributed by atoms with van der Waals surface area (Å²) >= 11 is 6.09. The number of ether oxygens (including phenoxy) is 2. The van der Waals surface area contributed by atoms with E-state index in [9.17, 15) is 27.6 Å². The van der Waals surface area contributed by atoms with Crippen molar-refractivity contribution in [2.75, 3.05) is 11.9 Å². The van der Waals surface area contributed by atoms with E-state index < -0.39 is 41.7 Å². The van der Waals surface area contributed by atoms with Gasteiger partial charge in [0.1, 0.15) is 18.2 Å². The van der Waals surface area contributed by atoms with E-state index in [-0.39, 0.29) is 30.2 Å². The summed E-state index contributed by atoms with van der Waals surface area (Å²) in [5.41, 5.74) is -0.0106. The van der Waals surface area contributed by atoms with Gasteiger partial charge in [-0.1, -0.05) is 37.2 Å². The molecule has 11 heteroatoms. The van der Waals surface area contributed by atoms with Crippen molar-refractivity contribution in [2.24, 2.45) is 5.92 Å². The zero-order valence-corrected chi connectivity index (χ0v) is 19.6. The van der Waals surface area contributed by atoms with Gasteiger partial charge in [-0.3, -0.25) is 9.59 Å². The van der Waals surface area contributed by atoms with E-state index in [1.165, 1.54) is 18.2 Å². The van der Waals surface area contributed by atoms with Gasteiger partial charge in [0.25, 0.3) is 0 Å². The number of halogens is 4. The Bertz CT molecular complexity index is 869. The standard InChI is InChI=1S/C22H28ClF3N2O5/c1-6-11-32-20(31)28-18(13(2)22(24,25)26)19(30)27-16-12-14(7-9-15(16)23)8-10-17(29)33-21(3,4)5/h6-7,9,12-13,18H,1,8,10-11H2,2-5H3,(H,27,30)(H,28,31). The summed E-state index contributed by atoms with van der Waals surface area (Å²) in [5.74, 6) is -3.78. The van der Waals surface area contributed by atoms with Gasteiger partial charge in [-0.05, 0) is 44.9 Å². The van der Waals surface area contributed by atoms with Gasteiger partial charge in [0.05, 0.1) is 16.6 Å². The van der Waals surface area contributed by atoms with Crippen LogP contribution in [0.3, 0.4) is 0 Å². The van der Waals surface area contributed by atoms with Gasteiger partial charge in [0.15, 0.2) is 0 Å². The highest BCUT2D eigenvalue weighted by Crippen LogP contribution is 2.30. The van der Waals surface area contributed by atoms with Gasteiger partial charge in [-0.2, -0.15) is 13.2 Å². The molecule has 0 heterocycles. The van der Waals surface area contributed by atoms with Gasteiger partial charge in [-0.25, -0.2) is 4.79 Å². The Morgan fingerprint density at radius 2 is 1.85 bits per heavy atom. The lowest BCUT2D eigenvalue weighted by Crippen LogP contribution is -2.52. The largest absolute Gasteiger partial charge is 0.460 e. The van der Waals surface area contributed by atoms with Crippen molar-refractivity contribution in [2.45, 2.75) is 58.4 Å². The third-order valence-corrected chi connectivity index (χ3v) is 4.56. The minimum absolute atomic E-state index is 0.0315. The summed E-state index contributed by atoms with van der Waals surface area (Å²) in [5, 5.41) is 4.31. The number of benzene rings is 1. The summed E-state index contributed by atoms with van der Waals surface area (Å²) in [7, 11) is 0. The molecule has 2 unspecified atom stereocenters. The highest BCUT2D eigenvalue weighted by molar-refractivity contribution is 6.33. The highest BCUT2D eigenvalue weighted by Gasteiger charge is 2.45. The molecule has 0 saturated carbocycles. The first-order valence-electron chi connectivity index (χ1n) is 10.1. The Balaban J connectivity index is 2.99. The highest BCUT2D eigenvalue weighted by atomic mass is 35.5. The summed E-state index contributed by atoms with van der Waals surface area (Å²) in [4.78, 5) is 36.3. The molecule has 0 aliphatic rings. The molecule has 7 nitrogen and oxygen atoms in total. The number of esters is 1. The summed E-state index contributed by atoms with van der Waals surface area (Å²) < 4.78 is 49.7. The van der Waals surface area contributed by atoms with Gasteiger partial charge in [0, 0.05) is 6.42 Å². The second kappa shape index (κ2) is 11.9. The van der Waals surface area contributed by atoms with Crippen molar-refractivity contribution < 1.29 is 37.0 Å². The molecule has 0 aliphatic heterocycles. The molecule has 184 valence electrons. The first-order chi connectivity index (χ1) is 15.1. The number of hydrogen-bond donors (Lipinski definition) is 2. The average Bonchev–Trinajstić information content (AvgIpc) is 2.68. The Kier molecular flexibility index (Phi) is 10.2. The molecule has 1 aromatic carbocycles. The monoisotopic (exact) mass is 492 g/mol. The van der Waals surface area contributed by atoms with E-state index in [0.717, 1.165) is 6.92 Å². The number of aryl methyl sites for hydroxylation is 1. The van der Waals surface area contributed by atoms with Crippen LogP contribution in [0, 0.1) is 5.92 Å². The molecule has 2 N–H and O–H groups in total. The molecule has 0 fully saturated rings. The van der Waals surface area contributed by atoms with Crippen molar-refractivity contribution >= 4 is 35.3 Å². The number of amides is 2. The van der Waals surface area contributed by atoms with Crippen molar-refractivity contribution in [3.63, 3.8) is 0 Å². The van der Waals surface area contributed by atoms with E-state index in [2.05, 4.69) is 16.6 Å². The molecule has 0 aliphatic carbocycles. The Morgan fingerprint density at radius 3 is 2.39 bits per heavy atom. The van der Waals surface area contributed by atoms with E-state index in [1.807, 2.05) is 5.32 Å². The molecule has 0 aromatic heterocycles. The molecule has 2 atom stereocenters. The molecule has 0 radical (unpaired) electrons. The fraction of sp³-hybridized carbons (Fsp3) is 0.500. The Hall–Kier alpha value is -2.75. The Morgan fingerprint density at radius 1 is 1.21 bits per heavy atom. The maximum atomic E-state index is 13.3. The summed E-state index contributed by atoms with van der Waals surface area (Å²) in [6.07, 6.45) is -4.44.